The summed E-state index contributed by atoms with van der Waals surface area (Å²) in [5.74, 6) is -0.660. The molecular formula is C14H19N3O4. The maximum atomic E-state index is 11.2. The van der Waals surface area contributed by atoms with Gasteiger partial charge >= 0.3 is 5.97 Å². The monoisotopic (exact) mass is 293 g/mol. The summed E-state index contributed by atoms with van der Waals surface area (Å²) in [4.78, 5) is 23.7. The quantitative estimate of drug-likeness (QED) is 0.634. The van der Waals surface area contributed by atoms with Crippen LogP contribution in [0.2, 0.25) is 0 Å². The van der Waals surface area contributed by atoms with E-state index in [2.05, 4.69) is 5.32 Å². The number of piperidine rings is 1. The van der Waals surface area contributed by atoms with E-state index in [1.54, 1.807) is 0 Å². The largest absolute Gasteiger partial charge is 0.478 e. The Balaban J connectivity index is 2.33. The second kappa shape index (κ2) is 6.53. The van der Waals surface area contributed by atoms with E-state index in [0.717, 1.165) is 19.4 Å². The molecule has 21 heavy (non-hydrogen) atoms. The lowest BCUT2D eigenvalue weighted by Gasteiger charge is -2.34. The number of nitro benzene ring substituents is 1. The molecule has 1 fully saturated rings. The maximum Gasteiger partial charge on any atom is 0.335 e. The standard InChI is InChI=1S/C14H19N3O4/c1-15-8-10-3-2-6-16(9-10)13-7-11(14(18)19)4-5-12(13)17(20)21/h4-5,7,10,15H,2-3,6,8-9H2,1H3,(H,18,19). The van der Waals surface area contributed by atoms with Crippen molar-refractivity contribution in [3.8, 4) is 0 Å². The molecule has 0 bridgehead atoms. The van der Waals surface area contributed by atoms with E-state index in [-0.39, 0.29) is 11.3 Å². The number of carbonyl (C=O) groups is 1. The normalized spacial score (nSPS) is 18.5. The fourth-order valence-corrected chi connectivity index (χ4v) is 2.80. The minimum Gasteiger partial charge on any atom is -0.478 e. The van der Waals surface area contributed by atoms with E-state index in [9.17, 15) is 14.9 Å². The van der Waals surface area contributed by atoms with Gasteiger partial charge in [0.1, 0.15) is 5.69 Å². The summed E-state index contributed by atoms with van der Waals surface area (Å²) in [6.07, 6.45) is 2.02. The molecule has 1 atom stereocenters. The highest BCUT2D eigenvalue weighted by atomic mass is 16.6. The first-order valence-electron chi connectivity index (χ1n) is 6.94. The Labute approximate surface area is 122 Å². The lowest BCUT2D eigenvalue weighted by molar-refractivity contribution is -0.384. The summed E-state index contributed by atoms with van der Waals surface area (Å²) < 4.78 is 0. The van der Waals surface area contributed by atoms with Gasteiger partial charge in [0.15, 0.2) is 0 Å². The fourth-order valence-electron chi connectivity index (χ4n) is 2.80. The summed E-state index contributed by atoms with van der Waals surface area (Å²) >= 11 is 0. The van der Waals surface area contributed by atoms with E-state index in [0.29, 0.717) is 24.7 Å². The van der Waals surface area contributed by atoms with Gasteiger partial charge < -0.3 is 15.3 Å². The van der Waals surface area contributed by atoms with Gasteiger partial charge in [0.25, 0.3) is 5.69 Å². The van der Waals surface area contributed by atoms with Crippen molar-refractivity contribution >= 4 is 17.3 Å². The molecule has 1 aromatic carbocycles. The molecule has 0 spiro atoms. The average molecular weight is 293 g/mol. The number of hydrogen-bond donors (Lipinski definition) is 2. The van der Waals surface area contributed by atoms with Crippen molar-refractivity contribution in [1.82, 2.24) is 5.32 Å². The van der Waals surface area contributed by atoms with Gasteiger partial charge in [0.2, 0.25) is 0 Å². The number of nitrogens with one attached hydrogen (secondary N) is 1. The van der Waals surface area contributed by atoms with Crippen LogP contribution in [0.15, 0.2) is 18.2 Å². The van der Waals surface area contributed by atoms with Crippen molar-refractivity contribution in [3.05, 3.63) is 33.9 Å². The first kappa shape index (κ1) is 15.2. The van der Waals surface area contributed by atoms with Crippen molar-refractivity contribution in [2.24, 2.45) is 5.92 Å². The van der Waals surface area contributed by atoms with E-state index < -0.39 is 10.9 Å². The molecule has 2 N–H and O–H groups in total. The highest BCUT2D eigenvalue weighted by Gasteiger charge is 2.26. The van der Waals surface area contributed by atoms with E-state index in [1.165, 1.54) is 18.2 Å². The van der Waals surface area contributed by atoms with Crippen molar-refractivity contribution in [2.45, 2.75) is 12.8 Å². The predicted octanol–water partition coefficient (Wildman–Crippen LogP) is 1.73. The van der Waals surface area contributed by atoms with Crippen molar-refractivity contribution in [3.63, 3.8) is 0 Å². The summed E-state index contributed by atoms with van der Waals surface area (Å²) in [5.41, 5.74) is 0.442. The molecule has 0 saturated carbocycles. The van der Waals surface area contributed by atoms with Gasteiger partial charge in [-0.05, 0) is 44.5 Å². The topological polar surface area (TPSA) is 95.7 Å². The van der Waals surface area contributed by atoms with Gasteiger partial charge in [0.05, 0.1) is 10.5 Å². The molecule has 2 rings (SSSR count). The molecule has 7 heteroatoms. The minimum atomic E-state index is -1.07. The molecule has 0 radical (unpaired) electrons. The van der Waals surface area contributed by atoms with Crippen LogP contribution in [0.3, 0.4) is 0 Å². The van der Waals surface area contributed by atoms with E-state index in [1.807, 2.05) is 11.9 Å². The summed E-state index contributed by atoms with van der Waals surface area (Å²) in [7, 11) is 1.88. The Kier molecular flexibility index (Phi) is 4.74. The van der Waals surface area contributed by atoms with Crippen molar-refractivity contribution in [2.75, 3.05) is 31.6 Å². The van der Waals surface area contributed by atoms with Gasteiger partial charge in [-0.1, -0.05) is 0 Å². The molecule has 0 aliphatic carbocycles. The van der Waals surface area contributed by atoms with Crippen molar-refractivity contribution in [1.29, 1.82) is 0 Å². The fraction of sp³-hybridized carbons (Fsp3) is 0.500. The number of nitro groups is 1. The number of carboxylic acids is 1. The Morgan fingerprint density at radius 3 is 2.95 bits per heavy atom. The predicted molar refractivity (Wildman–Crippen MR) is 78.9 cm³/mol. The SMILES string of the molecule is CNCC1CCCN(c2cc(C(=O)O)ccc2[N+](=O)[O-])C1. The smallest absolute Gasteiger partial charge is 0.335 e. The van der Waals surface area contributed by atoms with Crippen LogP contribution < -0.4 is 10.2 Å². The number of hydrogen-bond acceptors (Lipinski definition) is 5. The Morgan fingerprint density at radius 2 is 2.33 bits per heavy atom. The first-order valence-corrected chi connectivity index (χ1v) is 6.94. The highest BCUT2D eigenvalue weighted by Crippen LogP contribution is 2.32. The van der Waals surface area contributed by atoms with Gasteiger partial charge in [0, 0.05) is 19.2 Å². The second-order valence-corrected chi connectivity index (χ2v) is 5.28. The zero-order valence-corrected chi connectivity index (χ0v) is 11.9. The lowest BCUT2D eigenvalue weighted by Crippen LogP contribution is -2.39. The second-order valence-electron chi connectivity index (χ2n) is 5.28. The Bertz CT molecular complexity index is 545. The van der Waals surface area contributed by atoms with Crippen LogP contribution in [0.1, 0.15) is 23.2 Å². The summed E-state index contributed by atoms with van der Waals surface area (Å²) in [6.45, 7) is 2.26. The molecule has 1 heterocycles. The van der Waals surface area contributed by atoms with Crippen LogP contribution in [0, 0.1) is 16.0 Å². The zero-order chi connectivity index (χ0) is 15.4. The minimum absolute atomic E-state index is 0.0369. The van der Waals surface area contributed by atoms with Crippen LogP contribution in [0.25, 0.3) is 0 Å². The Morgan fingerprint density at radius 1 is 1.57 bits per heavy atom. The van der Waals surface area contributed by atoms with Crippen LogP contribution in [0.5, 0.6) is 0 Å². The summed E-state index contributed by atoms with van der Waals surface area (Å²) in [5, 5.41) is 23.4. The van der Waals surface area contributed by atoms with Crippen LogP contribution in [-0.2, 0) is 0 Å². The number of nitrogens with zero attached hydrogens (tertiary/aromatic N) is 2. The third kappa shape index (κ3) is 3.49. The molecule has 0 aromatic heterocycles. The number of carboxylic acid groups (broad SMARTS) is 1. The maximum absolute atomic E-state index is 11.2. The number of aromatic carboxylic acids is 1. The number of anilines is 1. The van der Waals surface area contributed by atoms with Gasteiger partial charge in [-0.15, -0.1) is 0 Å². The van der Waals surface area contributed by atoms with Gasteiger partial charge in [-0.3, -0.25) is 10.1 Å². The highest BCUT2D eigenvalue weighted by molar-refractivity contribution is 5.90. The molecule has 1 unspecified atom stereocenters. The third-order valence-electron chi connectivity index (χ3n) is 3.77. The average Bonchev–Trinajstić information content (AvgIpc) is 2.47. The van der Waals surface area contributed by atoms with Crippen molar-refractivity contribution < 1.29 is 14.8 Å². The number of rotatable bonds is 5. The van der Waals surface area contributed by atoms with E-state index in [4.69, 9.17) is 5.11 Å². The molecular weight excluding hydrogens is 274 g/mol. The van der Waals surface area contributed by atoms with Gasteiger partial charge in [-0.25, -0.2) is 4.79 Å². The molecule has 1 aliphatic rings. The van der Waals surface area contributed by atoms with Gasteiger partial charge in [-0.2, -0.15) is 0 Å². The van der Waals surface area contributed by atoms with E-state index >= 15 is 0 Å². The molecule has 114 valence electrons. The van der Waals surface area contributed by atoms with Crippen LogP contribution >= 0.6 is 0 Å². The third-order valence-corrected chi connectivity index (χ3v) is 3.77. The summed E-state index contributed by atoms with van der Waals surface area (Å²) in [6, 6.07) is 3.96. The zero-order valence-electron chi connectivity index (χ0n) is 11.9. The Hall–Kier alpha value is -2.15. The molecule has 7 nitrogen and oxygen atoms in total. The molecule has 1 aliphatic heterocycles. The number of benzene rings is 1. The molecule has 0 amide bonds. The van der Waals surface area contributed by atoms with Crippen LogP contribution in [-0.4, -0.2) is 42.7 Å². The lowest BCUT2D eigenvalue weighted by atomic mass is 9.97. The van der Waals surface area contributed by atoms with Crippen LogP contribution in [0.4, 0.5) is 11.4 Å². The first-order chi connectivity index (χ1) is 10.0. The molecule has 1 saturated heterocycles. The molecule has 1 aromatic rings.